The van der Waals surface area contributed by atoms with Gasteiger partial charge in [-0.05, 0) is 35.9 Å². The highest BCUT2D eigenvalue weighted by atomic mass is 14.9. The molecule has 0 radical (unpaired) electrons. The smallest absolute Gasteiger partial charge is 0.0323 e. The van der Waals surface area contributed by atoms with Crippen molar-refractivity contribution in [1.82, 2.24) is 5.32 Å². The molecule has 0 aliphatic rings. The lowest BCUT2D eigenvalue weighted by Gasteiger charge is -2.28. The van der Waals surface area contributed by atoms with E-state index < -0.39 is 0 Å². The fourth-order valence-electron chi connectivity index (χ4n) is 2.77. The maximum absolute atomic E-state index is 3.76. The number of benzene rings is 1. The van der Waals surface area contributed by atoms with Crippen LogP contribution in [0.1, 0.15) is 83.9 Å². The highest BCUT2D eigenvalue weighted by Gasteiger charge is 2.21. The van der Waals surface area contributed by atoms with Crippen molar-refractivity contribution in [3.8, 4) is 0 Å². The van der Waals surface area contributed by atoms with Crippen LogP contribution >= 0.6 is 0 Å². The molecule has 1 heteroatoms. The summed E-state index contributed by atoms with van der Waals surface area (Å²) in [5, 5.41) is 3.76. The minimum atomic E-state index is 0.216. The van der Waals surface area contributed by atoms with Crippen LogP contribution in [0.2, 0.25) is 0 Å². The molecule has 1 aromatic carbocycles. The zero-order chi connectivity index (χ0) is 15.0. The zero-order valence-corrected chi connectivity index (χ0v) is 14.1. The van der Waals surface area contributed by atoms with Crippen molar-refractivity contribution in [2.75, 3.05) is 6.54 Å². The van der Waals surface area contributed by atoms with E-state index in [4.69, 9.17) is 0 Å². The van der Waals surface area contributed by atoms with E-state index in [1.165, 1.54) is 43.2 Å². The fourth-order valence-corrected chi connectivity index (χ4v) is 2.77. The highest BCUT2D eigenvalue weighted by Crippen LogP contribution is 2.31. The summed E-state index contributed by atoms with van der Waals surface area (Å²) >= 11 is 0. The fraction of sp³-hybridized carbons (Fsp3) is 0.684. The molecule has 0 spiro atoms. The van der Waals surface area contributed by atoms with Gasteiger partial charge in [-0.3, -0.25) is 0 Å². The van der Waals surface area contributed by atoms with E-state index in [-0.39, 0.29) is 5.41 Å². The van der Waals surface area contributed by atoms with E-state index in [1.54, 1.807) is 0 Å². The maximum Gasteiger partial charge on any atom is 0.0323 e. The molecule has 1 atom stereocenters. The average Bonchev–Trinajstić information content (AvgIpc) is 2.42. The zero-order valence-electron chi connectivity index (χ0n) is 14.1. The van der Waals surface area contributed by atoms with E-state index in [1.807, 2.05) is 0 Å². The summed E-state index contributed by atoms with van der Waals surface area (Å²) in [5.74, 6) is 0. The Labute approximate surface area is 126 Å². The van der Waals surface area contributed by atoms with Gasteiger partial charge in [0.15, 0.2) is 0 Å². The molecule has 20 heavy (non-hydrogen) atoms. The molecule has 0 saturated carbocycles. The summed E-state index contributed by atoms with van der Waals surface area (Å²) in [4.78, 5) is 0. The van der Waals surface area contributed by atoms with E-state index in [0.717, 1.165) is 6.54 Å². The first kappa shape index (κ1) is 17.2. The summed E-state index contributed by atoms with van der Waals surface area (Å²) < 4.78 is 0. The predicted molar refractivity (Wildman–Crippen MR) is 90.3 cm³/mol. The normalized spacial score (nSPS) is 13.4. The van der Waals surface area contributed by atoms with Gasteiger partial charge in [-0.25, -0.2) is 0 Å². The third-order valence-corrected chi connectivity index (χ3v) is 3.88. The van der Waals surface area contributed by atoms with Crippen LogP contribution < -0.4 is 5.32 Å². The van der Waals surface area contributed by atoms with Crippen LogP contribution in [-0.2, 0) is 5.41 Å². The Balaban J connectivity index is 2.94. The first-order valence-corrected chi connectivity index (χ1v) is 8.33. The van der Waals surface area contributed by atoms with Crippen molar-refractivity contribution in [2.24, 2.45) is 0 Å². The molecule has 0 aliphatic carbocycles. The van der Waals surface area contributed by atoms with Crippen molar-refractivity contribution < 1.29 is 0 Å². The van der Waals surface area contributed by atoms with Crippen LogP contribution in [0.4, 0.5) is 0 Å². The molecule has 114 valence electrons. The topological polar surface area (TPSA) is 12.0 Å². The third-order valence-electron chi connectivity index (χ3n) is 3.88. The Kier molecular flexibility index (Phi) is 7.29. The summed E-state index contributed by atoms with van der Waals surface area (Å²) in [6.07, 6.45) is 6.39. The Morgan fingerprint density at radius 2 is 1.70 bits per heavy atom. The maximum atomic E-state index is 3.76. The van der Waals surface area contributed by atoms with Crippen LogP contribution in [-0.4, -0.2) is 6.54 Å². The Morgan fingerprint density at radius 3 is 2.30 bits per heavy atom. The second-order valence-corrected chi connectivity index (χ2v) is 6.84. The summed E-state index contributed by atoms with van der Waals surface area (Å²) in [7, 11) is 0. The van der Waals surface area contributed by atoms with Crippen molar-refractivity contribution in [3.63, 3.8) is 0 Å². The number of hydrogen-bond acceptors (Lipinski definition) is 1. The Morgan fingerprint density at radius 1 is 1.00 bits per heavy atom. The van der Waals surface area contributed by atoms with Crippen LogP contribution in [0.15, 0.2) is 24.3 Å². The molecular weight excluding hydrogens is 242 g/mol. The van der Waals surface area contributed by atoms with E-state index in [0.29, 0.717) is 6.04 Å². The molecule has 0 aromatic heterocycles. The van der Waals surface area contributed by atoms with Gasteiger partial charge in [-0.2, -0.15) is 0 Å². The second-order valence-electron chi connectivity index (χ2n) is 6.84. The van der Waals surface area contributed by atoms with Crippen LogP contribution in [0.5, 0.6) is 0 Å². The predicted octanol–water partition coefficient (Wildman–Crippen LogP) is 5.61. The molecule has 1 aromatic rings. The van der Waals surface area contributed by atoms with Gasteiger partial charge in [0.2, 0.25) is 0 Å². The minimum absolute atomic E-state index is 0.216. The van der Waals surface area contributed by atoms with Gasteiger partial charge in [0.25, 0.3) is 0 Å². The molecule has 1 N–H and O–H groups in total. The first-order chi connectivity index (χ1) is 9.50. The molecule has 1 rings (SSSR count). The van der Waals surface area contributed by atoms with Gasteiger partial charge in [0.05, 0.1) is 0 Å². The third kappa shape index (κ3) is 5.28. The van der Waals surface area contributed by atoms with Crippen molar-refractivity contribution in [1.29, 1.82) is 0 Å². The average molecular weight is 275 g/mol. The summed E-state index contributed by atoms with van der Waals surface area (Å²) in [6.45, 7) is 12.6. The molecule has 1 unspecified atom stereocenters. The minimum Gasteiger partial charge on any atom is -0.310 e. The lowest BCUT2D eigenvalue weighted by molar-refractivity contribution is 0.461. The monoisotopic (exact) mass is 275 g/mol. The van der Waals surface area contributed by atoms with Gasteiger partial charge < -0.3 is 5.32 Å². The summed E-state index contributed by atoms with van der Waals surface area (Å²) in [5.41, 5.74) is 3.21. The van der Waals surface area contributed by atoms with E-state index in [2.05, 4.69) is 64.2 Å². The second kappa shape index (κ2) is 8.46. The Hall–Kier alpha value is -0.820. The van der Waals surface area contributed by atoms with Gasteiger partial charge >= 0.3 is 0 Å². The lowest BCUT2D eigenvalue weighted by atomic mass is 9.81. The van der Waals surface area contributed by atoms with Crippen LogP contribution in [0.25, 0.3) is 0 Å². The SMILES string of the molecule is CCCCCC(NCCC)c1ccccc1C(C)(C)C. The number of unbranched alkanes of at least 4 members (excludes halogenated alkanes) is 2. The molecule has 0 heterocycles. The molecular formula is C19H33N. The van der Waals surface area contributed by atoms with Crippen LogP contribution in [0.3, 0.4) is 0 Å². The first-order valence-electron chi connectivity index (χ1n) is 8.33. The molecule has 1 nitrogen and oxygen atoms in total. The number of nitrogens with one attached hydrogen (secondary N) is 1. The van der Waals surface area contributed by atoms with E-state index >= 15 is 0 Å². The van der Waals surface area contributed by atoms with E-state index in [9.17, 15) is 0 Å². The number of hydrogen-bond donors (Lipinski definition) is 1. The van der Waals surface area contributed by atoms with Crippen molar-refractivity contribution >= 4 is 0 Å². The Bertz CT molecular complexity index is 376. The summed E-state index contributed by atoms with van der Waals surface area (Å²) in [6, 6.07) is 9.49. The quantitative estimate of drug-likeness (QED) is 0.608. The van der Waals surface area contributed by atoms with Crippen LogP contribution in [0, 0.1) is 0 Å². The van der Waals surface area contributed by atoms with Crippen molar-refractivity contribution in [3.05, 3.63) is 35.4 Å². The molecule has 0 fully saturated rings. The van der Waals surface area contributed by atoms with Gasteiger partial charge in [0, 0.05) is 6.04 Å². The lowest BCUT2D eigenvalue weighted by Crippen LogP contribution is -2.26. The number of rotatable bonds is 8. The molecule has 0 aliphatic heterocycles. The highest BCUT2D eigenvalue weighted by molar-refractivity contribution is 5.35. The van der Waals surface area contributed by atoms with Gasteiger partial charge in [-0.1, -0.05) is 78.1 Å². The standard InChI is InChI=1S/C19H33N/c1-6-8-9-14-18(20-15-7-2)16-12-10-11-13-17(16)19(3,4)5/h10-13,18,20H,6-9,14-15H2,1-5H3. The van der Waals surface area contributed by atoms with Gasteiger partial charge in [-0.15, -0.1) is 0 Å². The van der Waals surface area contributed by atoms with Gasteiger partial charge in [0.1, 0.15) is 0 Å². The van der Waals surface area contributed by atoms with Crippen molar-refractivity contribution in [2.45, 2.75) is 78.2 Å². The molecule has 0 bridgehead atoms. The molecule has 0 amide bonds. The molecule has 0 saturated heterocycles. The largest absolute Gasteiger partial charge is 0.310 e.